The fraction of sp³-hybridized carbons (Fsp3) is 0.184. The number of allylic oxidation sites excluding steroid dienone is 2. The predicted molar refractivity (Wildman–Crippen MR) is 217 cm³/mol. The van der Waals surface area contributed by atoms with E-state index in [1.54, 1.807) is 6.20 Å². The van der Waals surface area contributed by atoms with E-state index >= 15 is 0 Å². The molecular weight excluding hydrogens is 823 g/mol. The van der Waals surface area contributed by atoms with Crippen molar-refractivity contribution in [3.8, 4) is 39.5 Å². The van der Waals surface area contributed by atoms with E-state index in [2.05, 4.69) is 140 Å². The Morgan fingerprint density at radius 2 is 1.25 bits per heavy atom. The fourth-order valence-electron chi connectivity index (χ4n) is 7.10. The molecule has 2 aromatic heterocycles. The number of aromatic nitrogens is 3. The second kappa shape index (κ2) is 15.8. The maximum absolute atomic E-state index is 8.21. The first kappa shape index (κ1) is 34.9. The van der Waals surface area contributed by atoms with Crippen molar-refractivity contribution in [2.75, 3.05) is 0 Å². The van der Waals surface area contributed by atoms with Gasteiger partial charge in [-0.2, -0.15) is 0 Å². The van der Waals surface area contributed by atoms with Crippen LogP contribution in [0.2, 0.25) is 0 Å². The molecule has 53 heavy (non-hydrogen) atoms. The average Bonchev–Trinajstić information content (AvgIpc) is 3.69. The monoisotopic (exact) mass is 870 g/mol. The minimum absolute atomic E-state index is 0. The molecule has 7 aromatic rings. The number of fused-ring (bicyclic) bond motifs is 1. The Labute approximate surface area is 331 Å². The first-order valence-corrected chi connectivity index (χ1v) is 17.8. The van der Waals surface area contributed by atoms with Crippen molar-refractivity contribution in [1.82, 2.24) is 14.5 Å². The van der Waals surface area contributed by atoms with E-state index in [1.807, 2.05) is 69.3 Å². The maximum Gasteiger partial charge on any atom is 0.0651 e. The number of pyridine rings is 1. The number of hydrogen-bond donors (Lipinski definition) is 0. The number of benzene rings is 5. The van der Waals surface area contributed by atoms with Gasteiger partial charge in [0, 0.05) is 40.1 Å². The zero-order valence-corrected chi connectivity index (χ0v) is 33.5. The summed E-state index contributed by atoms with van der Waals surface area (Å²) in [7, 11) is 0. The second-order valence-corrected chi connectivity index (χ2v) is 14.7. The predicted octanol–water partition coefficient (Wildman–Crippen LogP) is 12.4. The maximum atomic E-state index is 8.21. The number of imidazole rings is 1. The second-order valence-electron chi connectivity index (χ2n) is 14.7. The molecule has 0 fully saturated rings. The quantitative estimate of drug-likeness (QED) is 0.156. The van der Waals surface area contributed by atoms with E-state index in [0.717, 1.165) is 34.0 Å². The van der Waals surface area contributed by atoms with Crippen molar-refractivity contribution < 1.29 is 22.8 Å². The van der Waals surface area contributed by atoms with Crippen LogP contribution in [0.3, 0.4) is 0 Å². The van der Waals surface area contributed by atoms with Crippen molar-refractivity contribution in [3.05, 3.63) is 186 Å². The molecule has 1 radical (unpaired) electrons. The standard InChI is InChI=1S/C33H27N2.C16H18N.Ir/c1-23-29(26-15-9-5-10-16-26)33(2,3)31-30(23)35(32(34-31)27-17-11-6-12-18-27)28-21-19-25(20-22-28)24-13-7-4-8-14-24;1-16(2,3)11-13-9-10-15(17-12-13)14-7-5-4-6-8-14;/h4-17,19-22H,1-3H3;4-7,9-10,12H,11H2,1-3H3;/q2*-1;/i;11D2;. The third kappa shape index (κ3) is 8.10. The molecule has 2 heterocycles. The van der Waals surface area contributed by atoms with Crippen molar-refractivity contribution in [1.29, 1.82) is 0 Å². The summed E-state index contributed by atoms with van der Waals surface area (Å²) in [6, 6.07) is 56.0. The molecule has 0 unspecified atom stereocenters. The molecule has 0 atom stereocenters. The van der Waals surface area contributed by atoms with Gasteiger partial charge in [0.15, 0.2) is 0 Å². The van der Waals surface area contributed by atoms with Crippen LogP contribution in [0.15, 0.2) is 152 Å². The minimum atomic E-state index is -1.40. The Bertz CT molecular complexity index is 2380. The Morgan fingerprint density at radius 3 is 1.79 bits per heavy atom. The Hall–Kier alpha value is -5.15. The van der Waals surface area contributed by atoms with Crippen LogP contribution in [-0.4, -0.2) is 14.5 Å². The van der Waals surface area contributed by atoms with Crippen LogP contribution < -0.4 is 0 Å². The molecule has 1 aliphatic rings. The smallest absolute Gasteiger partial charge is 0.0651 e. The van der Waals surface area contributed by atoms with Crippen molar-refractivity contribution in [2.24, 2.45) is 5.41 Å². The van der Waals surface area contributed by atoms with Crippen LogP contribution in [0.4, 0.5) is 0 Å². The largest absolute Gasteiger partial charge is 0.333 e. The normalized spacial score (nSPS) is 13.9. The van der Waals surface area contributed by atoms with Crippen LogP contribution in [0.1, 0.15) is 66.8 Å². The van der Waals surface area contributed by atoms with E-state index < -0.39 is 11.8 Å². The first-order valence-electron chi connectivity index (χ1n) is 18.8. The van der Waals surface area contributed by atoms with Crippen LogP contribution >= 0.6 is 0 Å². The summed E-state index contributed by atoms with van der Waals surface area (Å²) >= 11 is 0. The van der Waals surface area contributed by atoms with Gasteiger partial charge < -0.3 is 9.55 Å². The topological polar surface area (TPSA) is 30.7 Å². The van der Waals surface area contributed by atoms with Gasteiger partial charge in [0.25, 0.3) is 0 Å². The molecule has 0 bridgehead atoms. The molecule has 0 spiro atoms. The summed E-state index contributed by atoms with van der Waals surface area (Å²) < 4.78 is 18.7. The summed E-state index contributed by atoms with van der Waals surface area (Å²) in [5, 5.41) is 0. The molecular formula is C49H45IrN3-2. The molecule has 0 saturated carbocycles. The van der Waals surface area contributed by atoms with Gasteiger partial charge in [0.05, 0.1) is 17.2 Å². The van der Waals surface area contributed by atoms with Crippen LogP contribution in [-0.2, 0) is 31.9 Å². The molecule has 1 aliphatic carbocycles. The van der Waals surface area contributed by atoms with Gasteiger partial charge in [-0.15, -0.1) is 71.8 Å². The Balaban J connectivity index is 0.000000219. The molecule has 0 saturated heterocycles. The van der Waals surface area contributed by atoms with E-state index in [-0.39, 0.29) is 25.5 Å². The number of hydrogen-bond acceptors (Lipinski definition) is 2. The first-order chi connectivity index (χ1) is 25.9. The van der Waals surface area contributed by atoms with Crippen molar-refractivity contribution in [2.45, 2.75) is 53.3 Å². The third-order valence-electron chi connectivity index (χ3n) is 9.34. The van der Waals surface area contributed by atoms with E-state index in [0.29, 0.717) is 5.56 Å². The number of nitrogens with zero attached hydrogens (tertiary/aromatic N) is 3. The molecule has 0 aliphatic heterocycles. The molecule has 5 aromatic carbocycles. The van der Waals surface area contributed by atoms with Crippen LogP contribution in [0, 0.1) is 17.5 Å². The molecule has 4 heteroatoms. The fourth-order valence-corrected chi connectivity index (χ4v) is 7.10. The molecule has 0 amide bonds. The zero-order valence-electron chi connectivity index (χ0n) is 33.1. The van der Waals surface area contributed by atoms with Crippen LogP contribution in [0.25, 0.3) is 50.6 Å². The van der Waals surface area contributed by atoms with E-state index in [1.165, 1.54) is 33.5 Å². The van der Waals surface area contributed by atoms with Gasteiger partial charge in [0.2, 0.25) is 0 Å². The summed E-state index contributed by atoms with van der Waals surface area (Å²) in [5.74, 6) is 0.933. The molecule has 267 valence electrons. The van der Waals surface area contributed by atoms with Gasteiger partial charge in [-0.05, 0) is 69.9 Å². The average molecular weight is 870 g/mol. The molecule has 0 N–H and O–H groups in total. The molecule has 3 nitrogen and oxygen atoms in total. The summed E-state index contributed by atoms with van der Waals surface area (Å²) in [5.41, 5.74) is 12.4. The summed E-state index contributed by atoms with van der Waals surface area (Å²) in [6.45, 7) is 12.5. The zero-order chi connectivity index (χ0) is 38.1. The Kier molecular flexibility index (Phi) is 10.4. The summed E-state index contributed by atoms with van der Waals surface area (Å²) in [6.07, 6.45) is 0.223. The van der Waals surface area contributed by atoms with Crippen molar-refractivity contribution >= 4 is 11.1 Å². The van der Waals surface area contributed by atoms with E-state index in [4.69, 9.17) is 7.73 Å². The van der Waals surface area contributed by atoms with Crippen LogP contribution in [0.5, 0.6) is 0 Å². The van der Waals surface area contributed by atoms with Gasteiger partial charge in [0.1, 0.15) is 0 Å². The van der Waals surface area contributed by atoms with E-state index in [9.17, 15) is 0 Å². The van der Waals surface area contributed by atoms with Gasteiger partial charge in [-0.1, -0.05) is 120 Å². The Morgan fingerprint density at radius 1 is 0.679 bits per heavy atom. The van der Waals surface area contributed by atoms with Gasteiger partial charge >= 0.3 is 0 Å². The minimum Gasteiger partial charge on any atom is -0.333 e. The van der Waals surface area contributed by atoms with Crippen molar-refractivity contribution in [3.63, 3.8) is 0 Å². The van der Waals surface area contributed by atoms with Gasteiger partial charge in [-0.3, -0.25) is 4.98 Å². The van der Waals surface area contributed by atoms with Gasteiger partial charge in [-0.25, -0.2) is 0 Å². The summed E-state index contributed by atoms with van der Waals surface area (Å²) in [4.78, 5) is 9.64. The SMILES string of the molecule is CC1=C(c2ccccc2)C(C)(C)c2nc(-c3[c-]cccc3)n(-c3ccc(-c4ccccc4)cc3)c21.[2H]C([2H])(c1ccc(-c2[c-]cccc2)nc1)C(C)(C)C.[Ir]. The molecule has 8 rings (SSSR count). The number of rotatable bonds is 6. The third-order valence-corrected chi connectivity index (χ3v) is 9.34.